The molecule has 130 valence electrons. The maximum atomic E-state index is 11.8. The van der Waals surface area contributed by atoms with Crippen LogP contribution in [0.4, 0.5) is 4.79 Å². The van der Waals surface area contributed by atoms with E-state index in [0.29, 0.717) is 25.9 Å². The number of rotatable bonds is 4. The quantitative estimate of drug-likeness (QED) is 0.760. The lowest BCUT2D eigenvalue weighted by Gasteiger charge is -2.31. The molecule has 2 N–H and O–H groups in total. The number of hydrogen-bond acceptors (Lipinski definition) is 4. The molecular formula is C16H27N3O4. The molecule has 1 saturated heterocycles. The van der Waals surface area contributed by atoms with Crippen molar-refractivity contribution in [2.75, 3.05) is 19.6 Å². The summed E-state index contributed by atoms with van der Waals surface area (Å²) in [5.74, 6) is -0.252. The second kappa shape index (κ2) is 8.55. The van der Waals surface area contributed by atoms with Gasteiger partial charge in [-0.3, -0.25) is 9.59 Å². The molecule has 0 aromatic rings. The average molecular weight is 325 g/mol. The molecule has 0 aromatic heterocycles. The Bertz CT molecular complexity index is 460. The summed E-state index contributed by atoms with van der Waals surface area (Å²) in [7, 11) is 0. The zero-order valence-electron chi connectivity index (χ0n) is 14.3. The molecule has 0 atom stereocenters. The van der Waals surface area contributed by atoms with Gasteiger partial charge in [-0.2, -0.15) is 0 Å². The van der Waals surface area contributed by atoms with Crippen LogP contribution in [0.1, 0.15) is 40.5 Å². The zero-order valence-corrected chi connectivity index (χ0v) is 14.3. The summed E-state index contributed by atoms with van der Waals surface area (Å²) in [5, 5.41) is 5.29. The maximum absolute atomic E-state index is 11.8. The third-order valence-corrected chi connectivity index (χ3v) is 3.27. The molecule has 0 unspecified atom stereocenters. The molecule has 0 aliphatic carbocycles. The van der Waals surface area contributed by atoms with Crippen LogP contribution in [0.2, 0.25) is 0 Å². The monoisotopic (exact) mass is 325 g/mol. The lowest BCUT2D eigenvalue weighted by Crippen LogP contribution is -2.48. The van der Waals surface area contributed by atoms with E-state index in [0.717, 1.165) is 0 Å². The fraction of sp³-hybridized carbons (Fsp3) is 0.688. The highest BCUT2D eigenvalue weighted by Gasteiger charge is 2.23. The van der Waals surface area contributed by atoms with Crippen molar-refractivity contribution in [1.82, 2.24) is 15.5 Å². The molecule has 1 aliphatic heterocycles. The number of nitrogens with zero attached hydrogens (tertiary/aromatic N) is 1. The summed E-state index contributed by atoms with van der Waals surface area (Å²) in [6, 6.07) is 0.0255. The first kappa shape index (κ1) is 19.0. The number of likely N-dealkylation sites (tertiary alicyclic amines) is 1. The van der Waals surface area contributed by atoms with Crippen LogP contribution in [0, 0.1) is 0 Å². The van der Waals surface area contributed by atoms with Crippen molar-refractivity contribution in [2.24, 2.45) is 0 Å². The van der Waals surface area contributed by atoms with E-state index in [4.69, 9.17) is 4.74 Å². The lowest BCUT2D eigenvalue weighted by molar-refractivity contribution is -0.127. The molecule has 0 spiro atoms. The van der Waals surface area contributed by atoms with Crippen molar-refractivity contribution in [1.29, 1.82) is 0 Å². The van der Waals surface area contributed by atoms with E-state index in [1.807, 2.05) is 6.92 Å². The number of piperidine rings is 1. The number of carbonyl (C=O) groups is 3. The van der Waals surface area contributed by atoms with Crippen molar-refractivity contribution in [2.45, 2.75) is 52.2 Å². The Labute approximate surface area is 137 Å². The summed E-state index contributed by atoms with van der Waals surface area (Å²) in [6.45, 7) is 8.21. The summed E-state index contributed by atoms with van der Waals surface area (Å²) in [6.07, 6.45) is 4.07. The summed E-state index contributed by atoms with van der Waals surface area (Å²) >= 11 is 0. The Hall–Kier alpha value is -2.05. The third-order valence-electron chi connectivity index (χ3n) is 3.27. The third kappa shape index (κ3) is 7.67. The Morgan fingerprint density at radius 1 is 1.22 bits per heavy atom. The zero-order chi connectivity index (χ0) is 17.5. The van der Waals surface area contributed by atoms with Gasteiger partial charge < -0.3 is 20.3 Å². The molecule has 0 bridgehead atoms. The van der Waals surface area contributed by atoms with Crippen molar-refractivity contribution in [3.63, 3.8) is 0 Å². The molecule has 0 radical (unpaired) electrons. The van der Waals surface area contributed by atoms with Gasteiger partial charge in [0.1, 0.15) is 12.1 Å². The highest BCUT2D eigenvalue weighted by atomic mass is 16.6. The van der Waals surface area contributed by atoms with Crippen molar-refractivity contribution in [3.05, 3.63) is 12.2 Å². The van der Waals surface area contributed by atoms with E-state index in [1.165, 1.54) is 0 Å². The first-order valence-corrected chi connectivity index (χ1v) is 7.89. The van der Waals surface area contributed by atoms with Gasteiger partial charge in [-0.05, 0) is 46.6 Å². The highest BCUT2D eigenvalue weighted by Crippen LogP contribution is 2.11. The minimum absolute atomic E-state index is 0.00358. The van der Waals surface area contributed by atoms with Gasteiger partial charge in [-0.1, -0.05) is 6.08 Å². The van der Waals surface area contributed by atoms with Gasteiger partial charge in [-0.25, -0.2) is 4.79 Å². The molecule has 0 saturated carbocycles. The van der Waals surface area contributed by atoms with Crippen LogP contribution in [-0.4, -0.2) is 54.1 Å². The Morgan fingerprint density at radius 3 is 2.35 bits per heavy atom. The van der Waals surface area contributed by atoms with Gasteiger partial charge >= 0.3 is 6.09 Å². The largest absolute Gasteiger partial charge is 0.444 e. The number of carbonyl (C=O) groups excluding carboxylic acids is 3. The van der Waals surface area contributed by atoms with Gasteiger partial charge in [0.2, 0.25) is 11.8 Å². The number of amides is 3. The van der Waals surface area contributed by atoms with Gasteiger partial charge in [0.25, 0.3) is 0 Å². The molecule has 7 heteroatoms. The Balaban J connectivity index is 2.26. The van der Waals surface area contributed by atoms with Crippen molar-refractivity contribution < 1.29 is 19.1 Å². The normalized spacial score (nSPS) is 16.3. The molecule has 1 heterocycles. The van der Waals surface area contributed by atoms with Crippen LogP contribution in [0.15, 0.2) is 12.2 Å². The predicted molar refractivity (Wildman–Crippen MR) is 86.8 cm³/mol. The van der Waals surface area contributed by atoms with E-state index >= 15 is 0 Å². The first-order valence-electron chi connectivity index (χ1n) is 7.89. The SMILES string of the molecule is C/C=C/C(=O)N1CCC(NC(=O)CNC(=O)OC(C)(C)C)CC1. The number of hydrogen-bond donors (Lipinski definition) is 2. The van der Waals surface area contributed by atoms with Crippen LogP contribution in [0.5, 0.6) is 0 Å². The smallest absolute Gasteiger partial charge is 0.408 e. The number of nitrogens with one attached hydrogen (secondary N) is 2. The lowest BCUT2D eigenvalue weighted by atomic mass is 10.0. The number of ether oxygens (including phenoxy) is 1. The topological polar surface area (TPSA) is 87.7 Å². The van der Waals surface area contributed by atoms with Crippen LogP contribution in [-0.2, 0) is 14.3 Å². The van der Waals surface area contributed by atoms with E-state index in [9.17, 15) is 14.4 Å². The summed E-state index contributed by atoms with van der Waals surface area (Å²) in [4.78, 5) is 36.8. The van der Waals surface area contributed by atoms with Crippen molar-refractivity contribution in [3.8, 4) is 0 Å². The highest BCUT2D eigenvalue weighted by molar-refractivity contribution is 5.87. The maximum Gasteiger partial charge on any atom is 0.408 e. The van der Waals surface area contributed by atoms with E-state index in [1.54, 1.807) is 37.8 Å². The Morgan fingerprint density at radius 2 is 1.83 bits per heavy atom. The van der Waals surface area contributed by atoms with Crippen LogP contribution >= 0.6 is 0 Å². The summed E-state index contributed by atoms with van der Waals surface area (Å²) < 4.78 is 5.06. The van der Waals surface area contributed by atoms with Gasteiger partial charge in [-0.15, -0.1) is 0 Å². The molecule has 23 heavy (non-hydrogen) atoms. The van der Waals surface area contributed by atoms with Gasteiger partial charge in [0.05, 0.1) is 0 Å². The first-order chi connectivity index (χ1) is 10.7. The molecular weight excluding hydrogens is 298 g/mol. The second-order valence-electron chi connectivity index (χ2n) is 6.52. The second-order valence-corrected chi connectivity index (χ2v) is 6.52. The minimum Gasteiger partial charge on any atom is -0.444 e. The molecule has 3 amide bonds. The predicted octanol–water partition coefficient (Wildman–Crippen LogP) is 1.19. The fourth-order valence-corrected chi connectivity index (χ4v) is 2.24. The molecule has 1 fully saturated rings. The molecule has 1 rings (SSSR count). The van der Waals surface area contributed by atoms with E-state index in [-0.39, 0.29) is 24.4 Å². The molecule has 0 aromatic carbocycles. The van der Waals surface area contributed by atoms with Crippen LogP contribution < -0.4 is 10.6 Å². The minimum atomic E-state index is -0.612. The Kier molecular flexibility index (Phi) is 7.06. The summed E-state index contributed by atoms with van der Waals surface area (Å²) in [5.41, 5.74) is -0.590. The number of alkyl carbamates (subject to hydrolysis) is 1. The molecule has 1 aliphatic rings. The van der Waals surface area contributed by atoms with Gasteiger partial charge in [0, 0.05) is 19.1 Å². The molecule has 7 nitrogen and oxygen atoms in total. The van der Waals surface area contributed by atoms with Crippen LogP contribution in [0.25, 0.3) is 0 Å². The van der Waals surface area contributed by atoms with Crippen LogP contribution in [0.3, 0.4) is 0 Å². The van der Waals surface area contributed by atoms with Crippen molar-refractivity contribution >= 4 is 17.9 Å². The number of allylic oxidation sites excluding steroid dienone is 1. The van der Waals surface area contributed by atoms with E-state index < -0.39 is 11.7 Å². The fourth-order valence-electron chi connectivity index (χ4n) is 2.24. The van der Waals surface area contributed by atoms with E-state index in [2.05, 4.69) is 10.6 Å². The average Bonchev–Trinajstić information content (AvgIpc) is 2.44. The van der Waals surface area contributed by atoms with Gasteiger partial charge in [0.15, 0.2) is 0 Å². The standard InChI is InChI=1S/C16H27N3O4/c1-5-6-14(21)19-9-7-12(8-10-19)18-13(20)11-17-15(22)23-16(2,3)4/h5-6,12H,7-11H2,1-4H3,(H,17,22)(H,18,20)/b6-5+.